The lowest BCUT2D eigenvalue weighted by molar-refractivity contribution is 0.513. The molecule has 1 heterocycles. The van der Waals surface area contributed by atoms with Gasteiger partial charge in [0.15, 0.2) is 11.4 Å². The molecule has 0 fully saturated rings. The van der Waals surface area contributed by atoms with Crippen molar-refractivity contribution in [2.24, 2.45) is 0 Å². The van der Waals surface area contributed by atoms with Crippen LogP contribution in [0.3, 0.4) is 0 Å². The highest BCUT2D eigenvalue weighted by atomic mass is 32.2. The van der Waals surface area contributed by atoms with Crippen LogP contribution in [0.1, 0.15) is 11.4 Å². The third-order valence-electron chi connectivity index (χ3n) is 1.62. The monoisotopic (exact) mass is 225 g/mol. The van der Waals surface area contributed by atoms with Gasteiger partial charge in [-0.3, -0.25) is 0 Å². The Balaban J connectivity index is 3.39. The first-order chi connectivity index (χ1) is 6.93. The smallest absolute Gasteiger partial charge is 0.276 e. The lowest BCUT2D eigenvalue weighted by atomic mass is 10.4. The van der Waals surface area contributed by atoms with E-state index in [1.54, 1.807) is 12.1 Å². The van der Waals surface area contributed by atoms with Gasteiger partial charge in [0, 0.05) is 14.1 Å². The number of imidazole rings is 1. The zero-order valence-electron chi connectivity index (χ0n) is 8.01. The van der Waals surface area contributed by atoms with Crippen molar-refractivity contribution in [3.63, 3.8) is 0 Å². The molecule has 0 spiro atoms. The molecule has 0 saturated carbocycles. The average Bonchev–Trinajstić information content (AvgIpc) is 2.60. The van der Waals surface area contributed by atoms with Gasteiger partial charge >= 0.3 is 0 Å². The summed E-state index contributed by atoms with van der Waals surface area (Å²) in [5.74, 6) is 0. The molecular formula is C7H7N5O2S. The van der Waals surface area contributed by atoms with E-state index < -0.39 is 15.2 Å². The van der Waals surface area contributed by atoms with Crippen LogP contribution in [0, 0.1) is 22.7 Å². The fraction of sp³-hybridized carbons (Fsp3) is 0.286. The summed E-state index contributed by atoms with van der Waals surface area (Å²) >= 11 is 0. The van der Waals surface area contributed by atoms with E-state index in [2.05, 4.69) is 9.97 Å². The van der Waals surface area contributed by atoms with Crippen LogP contribution in [-0.4, -0.2) is 36.8 Å². The summed E-state index contributed by atoms with van der Waals surface area (Å²) in [5, 5.41) is 16.8. The Bertz CT molecular complexity index is 526. The minimum Gasteiger partial charge on any atom is -0.318 e. The van der Waals surface area contributed by atoms with E-state index in [0.29, 0.717) is 0 Å². The first-order valence-corrected chi connectivity index (χ1v) is 5.20. The Kier molecular flexibility index (Phi) is 2.75. The number of nitrogens with zero attached hydrogens (tertiary/aromatic N) is 4. The summed E-state index contributed by atoms with van der Waals surface area (Å²) in [6.45, 7) is 0. The van der Waals surface area contributed by atoms with Crippen molar-refractivity contribution in [2.75, 3.05) is 14.1 Å². The van der Waals surface area contributed by atoms with E-state index in [4.69, 9.17) is 10.5 Å². The van der Waals surface area contributed by atoms with Crippen LogP contribution in [0.4, 0.5) is 0 Å². The molecular weight excluding hydrogens is 218 g/mol. The molecule has 0 atom stereocenters. The van der Waals surface area contributed by atoms with Gasteiger partial charge in [-0.2, -0.15) is 10.5 Å². The Hall–Kier alpha value is -1.90. The molecule has 15 heavy (non-hydrogen) atoms. The maximum atomic E-state index is 11.5. The van der Waals surface area contributed by atoms with Gasteiger partial charge in [-0.1, -0.05) is 0 Å². The molecule has 0 aliphatic rings. The highest BCUT2D eigenvalue weighted by Crippen LogP contribution is 2.11. The lowest BCUT2D eigenvalue weighted by Gasteiger charge is -2.07. The molecule has 1 N–H and O–H groups in total. The zero-order chi connectivity index (χ0) is 11.6. The summed E-state index contributed by atoms with van der Waals surface area (Å²) in [4.78, 5) is 5.80. The molecule has 0 saturated heterocycles. The predicted molar refractivity (Wildman–Crippen MR) is 48.9 cm³/mol. The van der Waals surface area contributed by atoms with E-state index in [0.717, 1.165) is 4.31 Å². The van der Waals surface area contributed by atoms with Gasteiger partial charge in [0.05, 0.1) is 0 Å². The number of nitrogens with one attached hydrogen (secondary N) is 1. The molecule has 1 aromatic rings. The van der Waals surface area contributed by atoms with Gasteiger partial charge in [0.1, 0.15) is 12.1 Å². The fourth-order valence-electron chi connectivity index (χ4n) is 0.808. The molecule has 0 unspecified atom stereocenters. The van der Waals surface area contributed by atoms with Gasteiger partial charge in [-0.25, -0.2) is 17.7 Å². The standard InChI is InChI=1S/C7H7N5O2S/c1-12(2)15(13,14)7-10-5(3-8)6(4-9)11-7/h1-2H3,(H,10,11). The average molecular weight is 225 g/mol. The van der Waals surface area contributed by atoms with Gasteiger partial charge in [-0.15, -0.1) is 0 Å². The zero-order valence-corrected chi connectivity index (χ0v) is 8.83. The SMILES string of the molecule is CN(C)S(=O)(=O)c1nc(C#N)c(C#N)[nH]1. The highest BCUT2D eigenvalue weighted by molar-refractivity contribution is 7.88. The number of aromatic nitrogens is 2. The van der Waals surface area contributed by atoms with Gasteiger partial charge < -0.3 is 4.98 Å². The second-order valence-electron chi connectivity index (χ2n) is 2.78. The summed E-state index contributed by atoms with van der Waals surface area (Å²) in [6.07, 6.45) is 0. The maximum Gasteiger partial charge on any atom is 0.276 e. The Morgan fingerprint density at radius 2 is 1.93 bits per heavy atom. The third kappa shape index (κ3) is 1.81. The number of hydrogen-bond acceptors (Lipinski definition) is 5. The quantitative estimate of drug-likeness (QED) is 0.722. The van der Waals surface area contributed by atoms with Crippen LogP contribution >= 0.6 is 0 Å². The van der Waals surface area contributed by atoms with Crippen LogP contribution < -0.4 is 0 Å². The Morgan fingerprint density at radius 1 is 1.33 bits per heavy atom. The van der Waals surface area contributed by atoms with Crippen LogP contribution in [0.15, 0.2) is 5.16 Å². The summed E-state index contributed by atoms with van der Waals surface area (Å²) in [5.41, 5.74) is -0.379. The van der Waals surface area contributed by atoms with E-state index >= 15 is 0 Å². The topological polar surface area (TPSA) is 114 Å². The second-order valence-corrected chi connectivity index (χ2v) is 4.84. The summed E-state index contributed by atoms with van der Waals surface area (Å²) < 4.78 is 24.0. The molecule has 0 aliphatic heterocycles. The van der Waals surface area contributed by atoms with E-state index in [1.807, 2.05) is 0 Å². The van der Waals surface area contributed by atoms with Crippen molar-refractivity contribution in [1.29, 1.82) is 10.5 Å². The van der Waals surface area contributed by atoms with Gasteiger partial charge in [0.25, 0.3) is 10.0 Å². The first kappa shape index (κ1) is 11.2. The molecule has 78 valence electrons. The summed E-state index contributed by atoms with van der Waals surface area (Å²) in [6, 6.07) is 3.28. The van der Waals surface area contributed by atoms with Crippen LogP contribution in [0.2, 0.25) is 0 Å². The molecule has 0 aliphatic carbocycles. The largest absolute Gasteiger partial charge is 0.318 e. The number of rotatable bonds is 2. The molecule has 0 radical (unpaired) electrons. The number of H-pyrrole nitrogens is 1. The molecule has 8 heteroatoms. The molecule has 0 bridgehead atoms. The Morgan fingerprint density at radius 3 is 2.27 bits per heavy atom. The maximum absolute atomic E-state index is 11.5. The fourth-order valence-corrected chi connectivity index (χ4v) is 1.59. The van der Waals surface area contributed by atoms with Crippen LogP contribution in [0.25, 0.3) is 0 Å². The van der Waals surface area contributed by atoms with Crippen molar-refractivity contribution in [3.05, 3.63) is 11.4 Å². The second kappa shape index (κ2) is 3.69. The lowest BCUT2D eigenvalue weighted by Crippen LogP contribution is -2.23. The van der Waals surface area contributed by atoms with Crippen molar-refractivity contribution in [2.45, 2.75) is 5.16 Å². The molecule has 7 nitrogen and oxygen atoms in total. The molecule has 1 rings (SSSR count). The molecule has 0 aromatic carbocycles. The van der Waals surface area contributed by atoms with E-state index in [9.17, 15) is 8.42 Å². The van der Waals surface area contributed by atoms with Gasteiger partial charge in [0.2, 0.25) is 5.16 Å². The highest BCUT2D eigenvalue weighted by Gasteiger charge is 2.23. The Labute approximate surface area is 86.6 Å². The van der Waals surface area contributed by atoms with Crippen molar-refractivity contribution < 1.29 is 8.42 Å². The van der Waals surface area contributed by atoms with Crippen molar-refractivity contribution >= 4 is 10.0 Å². The minimum atomic E-state index is -3.73. The minimum absolute atomic E-state index is 0.155. The number of nitriles is 2. The number of sulfonamides is 1. The molecule has 0 amide bonds. The first-order valence-electron chi connectivity index (χ1n) is 3.76. The van der Waals surface area contributed by atoms with Crippen LogP contribution in [-0.2, 0) is 10.0 Å². The van der Waals surface area contributed by atoms with Crippen molar-refractivity contribution in [3.8, 4) is 12.1 Å². The normalized spacial score (nSPS) is 11.0. The van der Waals surface area contributed by atoms with Crippen molar-refractivity contribution in [1.82, 2.24) is 14.3 Å². The third-order valence-corrected chi connectivity index (χ3v) is 3.27. The van der Waals surface area contributed by atoms with Crippen LogP contribution in [0.5, 0.6) is 0 Å². The predicted octanol–water partition coefficient (Wildman–Crippen LogP) is -0.597. The van der Waals surface area contributed by atoms with E-state index in [-0.39, 0.29) is 11.4 Å². The van der Waals surface area contributed by atoms with E-state index in [1.165, 1.54) is 14.1 Å². The number of hydrogen-bond donors (Lipinski definition) is 1. The molecule has 1 aromatic heterocycles. The number of aromatic amines is 1. The summed E-state index contributed by atoms with van der Waals surface area (Å²) in [7, 11) is -1.08. The van der Waals surface area contributed by atoms with Gasteiger partial charge in [-0.05, 0) is 0 Å².